The fourth-order valence-corrected chi connectivity index (χ4v) is 2.28. The van der Waals surface area contributed by atoms with E-state index in [1.54, 1.807) is 0 Å². The average Bonchev–Trinajstić information content (AvgIpc) is 2.41. The van der Waals surface area contributed by atoms with Gasteiger partial charge in [0.2, 0.25) is 0 Å². The Labute approximate surface area is 126 Å². The summed E-state index contributed by atoms with van der Waals surface area (Å²) in [6.45, 7) is 2.12. The zero-order valence-corrected chi connectivity index (χ0v) is 12.9. The second-order valence-corrected chi connectivity index (χ2v) is 5.41. The van der Waals surface area contributed by atoms with Crippen molar-refractivity contribution in [3.05, 3.63) is 58.1 Å². The maximum absolute atomic E-state index is 5.86. The molecular formula is C15H14BrNOS. The fourth-order valence-electron chi connectivity index (χ4n) is 1.69. The molecule has 0 atom stereocenters. The Kier molecular flexibility index (Phi) is 4.56. The first kappa shape index (κ1) is 14.0. The third-order valence-electron chi connectivity index (χ3n) is 2.75. The van der Waals surface area contributed by atoms with Gasteiger partial charge in [-0.15, -0.1) is 0 Å². The Morgan fingerprint density at radius 3 is 2.68 bits per heavy atom. The highest BCUT2D eigenvalue weighted by molar-refractivity contribution is 9.10. The molecular weight excluding hydrogens is 322 g/mol. The van der Waals surface area contributed by atoms with Crippen LogP contribution >= 0.6 is 28.1 Å². The van der Waals surface area contributed by atoms with Crippen molar-refractivity contribution in [1.29, 1.82) is 0 Å². The van der Waals surface area contributed by atoms with Crippen LogP contribution in [-0.2, 0) is 6.42 Å². The van der Waals surface area contributed by atoms with Crippen LogP contribution < -0.4 is 10.5 Å². The van der Waals surface area contributed by atoms with Gasteiger partial charge in [0.25, 0.3) is 0 Å². The Morgan fingerprint density at radius 2 is 2.05 bits per heavy atom. The normalized spacial score (nSPS) is 10.2. The van der Waals surface area contributed by atoms with Gasteiger partial charge >= 0.3 is 0 Å². The molecule has 2 N–H and O–H groups in total. The summed E-state index contributed by atoms with van der Waals surface area (Å²) < 4.78 is 6.69. The van der Waals surface area contributed by atoms with Gasteiger partial charge in [0.15, 0.2) is 0 Å². The van der Waals surface area contributed by atoms with Crippen molar-refractivity contribution in [2.45, 2.75) is 13.3 Å². The molecule has 0 saturated heterocycles. The summed E-state index contributed by atoms with van der Waals surface area (Å²) in [6.07, 6.45) is 0.985. The summed E-state index contributed by atoms with van der Waals surface area (Å²) in [6, 6.07) is 13.6. The van der Waals surface area contributed by atoms with Gasteiger partial charge in [0.05, 0.1) is 4.47 Å². The van der Waals surface area contributed by atoms with Gasteiger partial charge in [-0.2, -0.15) is 0 Å². The van der Waals surface area contributed by atoms with Gasteiger partial charge in [-0.25, -0.2) is 0 Å². The standard InChI is InChI=1S/C15H14BrNOS/c1-2-10-4-3-5-12(8-10)18-14-7-6-11(15(17)19)9-13(14)16/h3-9H,2H2,1H3,(H2,17,19). The lowest BCUT2D eigenvalue weighted by atomic mass is 10.1. The molecule has 0 spiro atoms. The topological polar surface area (TPSA) is 35.2 Å². The number of nitrogens with two attached hydrogens (primary N) is 1. The van der Waals surface area contributed by atoms with Crippen LogP contribution in [0, 0.1) is 0 Å². The maximum atomic E-state index is 5.86. The second kappa shape index (κ2) is 6.17. The number of thiocarbonyl (C=S) groups is 1. The van der Waals surface area contributed by atoms with E-state index < -0.39 is 0 Å². The fraction of sp³-hybridized carbons (Fsp3) is 0.133. The predicted octanol–water partition coefficient (Wildman–Crippen LogP) is 4.44. The molecule has 2 aromatic rings. The van der Waals surface area contributed by atoms with Gasteiger partial charge in [-0.05, 0) is 58.2 Å². The van der Waals surface area contributed by atoms with Crippen LogP contribution in [0.4, 0.5) is 0 Å². The molecule has 0 unspecified atom stereocenters. The third kappa shape index (κ3) is 3.55. The van der Waals surface area contributed by atoms with Gasteiger partial charge in [0, 0.05) is 5.56 Å². The lowest BCUT2D eigenvalue weighted by Gasteiger charge is -2.10. The Bertz CT molecular complexity index is 613. The third-order valence-corrected chi connectivity index (χ3v) is 3.61. The summed E-state index contributed by atoms with van der Waals surface area (Å²) in [5, 5.41) is 0. The largest absolute Gasteiger partial charge is 0.456 e. The first-order valence-corrected chi connectivity index (χ1v) is 7.16. The van der Waals surface area contributed by atoms with Crippen molar-refractivity contribution in [3.63, 3.8) is 0 Å². The van der Waals surface area contributed by atoms with Crippen LogP contribution in [0.2, 0.25) is 0 Å². The quantitative estimate of drug-likeness (QED) is 0.839. The highest BCUT2D eigenvalue weighted by Crippen LogP contribution is 2.30. The van der Waals surface area contributed by atoms with Gasteiger partial charge in [0.1, 0.15) is 16.5 Å². The van der Waals surface area contributed by atoms with E-state index in [1.807, 2.05) is 36.4 Å². The molecule has 0 aliphatic heterocycles. The van der Waals surface area contributed by atoms with E-state index in [1.165, 1.54) is 5.56 Å². The summed E-state index contributed by atoms with van der Waals surface area (Å²) in [7, 11) is 0. The molecule has 0 amide bonds. The summed E-state index contributed by atoms with van der Waals surface area (Å²) in [5.74, 6) is 1.57. The van der Waals surface area contributed by atoms with Gasteiger partial charge in [-0.1, -0.05) is 31.3 Å². The van der Waals surface area contributed by atoms with Crippen LogP contribution in [0.3, 0.4) is 0 Å². The van der Waals surface area contributed by atoms with Crippen LogP contribution in [0.15, 0.2) is 46.9 Å². The van der Waals surface area contributed by atoms with Crippen molar-refractivity contribution in [2.24, 2.45) is 5.73 Å². The molecule has 98 valence electrons. The highest BCUT2D eigenvalue weighted by atomic mass is 79.9. The molecule has 0 aliphatic rings. The monoisotopic (exact) mass is 335 g/mol. The number of hydrogen-bond acceptors (Lipinski definition) is 2. The lowest BCUT2D eigenvalue weighted by molar-refractivity contribution is 0.479. The Balaban J connectivity index is 2.25. The number of ether oxygens (including phenoxy) is 1. The number of aryl methyl sites for hydroxylation is 1. The van der Waals surface area contributed by atoms with Crippen molar-refractivity contribution < 1.29 is 4.74 Å². The Hall–Kier alpha value is -1.39. The van der Waals surface area contributed by atoms with Crippen LogP contribution in [0.5, 0.6) is 11.5 Å². The zero-order chi connectivity index (χ0) is 13.8. The molecule has 0 radical (unpaired) electrons. The summed E-state index contributed by atoms with van der Waals surface area (Å²) in [5.41, 5.74) is 7.65. The Morgan fingerprint density at radius 1 is 1.26 bits per heavy atom. The lowest BCUT2D eigenvalue weighted by Crippen LogP contribution is -2.08. The van der Waals surface area contributed by atoms with Gasteiger partial charge < -0.3 is 10.5 Å². The minimum atomic E-state index is 0.375. The van der Waals surface area contributed by atoms with Crippen molar-refractivity contribution in [3.8, 4) is 11.5 Å². The molecule has 4 heteroatoms. The number of halogens is 1. The zero-order valence-electron chi connectivity index (χ0n) is 10.5. The number of rotatable bonds is 4. The molecule has 0 aliphatic carbocycles. The van der Waals surface area contributed by atoms with E-state index in [9.17, 15) is 0 Å². The maximum Gasteiger partial charge on any atom is 0.141 e. The second-order valence-electron chi connectivity index (χ2n) is 4.11. The predicted molar refractivity (Wildman–Crippen MR) is 85.9 cm³/mol. The smallest absolute Gasteiger partial charge is 0.141 e. The van der Waals surface area contributed by atoms with Crippen LogP contribution in [-0.4, -0.2) is 4.99 Å². The molecule has 0 saturated carbocycles. The van der Waals surface area contributed by atoms with E-state index in [4.69, 9.17) is 22.7 Å². The molecule has 2 aromatic carbocycles. The number of benzene rings is 2. The molecule has 2 nitrogen and oxygen atoms in total. The molecule has 0 bridgehead atoms. The minimum Gasteiger partial charge on any atom is -0.456 e. The molecule has 0 aromatic heterocycles. The molecule has 0 fully saturated rings. The minimum absolute atomic E-state index is 0.375. The van der Waals surface area contributed by atoms with Crippen molar-refractivity contribution >= 4 is 33.1 Å². The van der Waals surface area contributed by atoms with E-state index in [0.717, 1.165) is 28.0 Å². The molecule has 2 rings (SSSR count). The van der Waals surface area contributed by atoms with Crippen molar-refractivity contribution in [2.75, 3.05) is 0 Å². The first-order valence-electron chi connectivity index (χ1n) is 5.96. The van der Waals surface area contributed by atoms with E-state index >= 15 is 0 Å². The first-order chi connectivity index (χ1) is 9.10. The van der Waals surface area contributed by atoms with Gasteiger partial charge in [-0.3, -0.25) is 0 Å². The van der Waals surface area contributed by atoms with Crippen LogP contribution in [0.25, 0.3) is 0 Å². The van der Waals surface area contributed by atoms with Crippen molar-refractivity contribution in [1.82, 2.24) is 0 Å². The average molecular weight is 336 g/mol. The van der Waals surface area contributed by atoms with E-state index in [0.29, 0.717) is 4.99 Å². The van der Waals surface area contributed by atoms with E-state index in [-0.39, 0.29) is 0 Å². The highest BCUT2D eigenvalue weighted by Gasteiger charge is 2.06. The molecule has 0 heterocycles. The SMILES string of the molecule is CCc1cccc(Oc2ccc(C(N)=S)cc2Br)c1. The number of hydrogen-bond donors (Lipinski definition) is 1. The molecule has 19 heavy (non-hydrogen) atoms. The summed E-state index contributed by atoms with van der Waals surface area (Å²) in [4.78, 5) is 0.375. The van der Waals surface area contributed by atoms with Crippen LogP contribution in [0.1, 0.15) is 18.1 Å². The van der Waals surface area contributed by atoms with E-state index in [2.05, 4.69) is 28.9 Å². The summed E-state index contributed by atoms with van der Waals surface area (Å²) >= 11 is 8.41.